The summed E-state index contributed by atoms with van der Waals surface area (Å²) in [5.74, 6) is -0.701. The first-order chi connectivity index (χ1) is 9.54. The molecule has 104 valence electrons. The molecule has 2 rings (SSSR count). The van der Waals surface area contributed by atoms with E-state index in [-0.39, 0.29) is 0 Å². The molecule has 0 aliphatic heterocycles. The van der Waals surface area contributed by atoms with Gasteiger partial charge in [0.15, 0.2) is 6.10 Å². The average Bonchev–Trinajstić information content (AvgIpc) is 2.91. The zero-order valence-electron chi connectivity index (χ0n) is 11.4. The number of ether oxygens (including phenoxy) is 1. The summed E-state index contributed by atoms with van der Waals surface area (Å²) in [5.41, 5.74) is 3.41. The molecule has 1 unspecified atom stereocenters. The van der Waals surface area contributed by atoms with Crippen molar-refractivity contribution in [2.75, 3.05) is 7.11 Å². The number of hydrogen-bond donors (Lipinski definition) is 1. The van der Waals surface area contributed by atoms with E-state index in [1.54, 1.807) is 11.3 Å². The van der Waals surface area contributed by atoms with E-state index in [1.807, 2.05) is 24.3 Å². The third-order valence-electron chi connectivity index (χ3n) is 3.13. The summed E-state index contributed by atoms with van der Waals surface area (Å²) >= 11 is 1.69. The van der Waals surface area contributed by atoms with Gasteiger partial charge in [-0.15, -0.1) is 11.3 Å². The standard InChI is InChI=1S/C16H16O3S/c1-10-8-9-20-15(10)13-6-4-12(5-7-13)11(2)14(17)16(18)19-3/h4-9,14,17H,2H2,1,3H3. The van der Waals surface area contributed by atoms with E-state index in [4.69, 9.17) is 0 Å². The Kier molecular flexibility index (Phi) is 4.37. The van der Waals surface area contributed by atoms with Crippen LogP contribution in [-0.4, -0.2) is 24.3 Å². The molecular formula is C16H16O3S. The Balaban J connectivity index is 2.23. The number of methoxy groups -OCH3 is 1. The van der Waals surface area contributed by atoms with Gasteiger partial charge in [-0.3, -0.25) is 0 Å². The van der Waals surface area contributed by atoms with Gasteiger partial charge in [-0.05, 0) is 40.6 Å². The zero-order valence-corrected chi connectivity index (χ0v) is 12.2. The average molecular weight is 288 g/mol. The summed E-state index contributed by atoms with van der Waals surface area (Å²) < 4.78 is 4.50. The summed E-state index contributed by atoms with van der Waals surface area (Å²) in [6.07, 6.45) is -1.32. The van der Waals surface area contributed by atoms with Gasteiger partial charge in [-0.2, -0.15) is 0 Å². The minimum absolute atomic E-state index is 0.339. The van der Waals surface area contributed by atoms with E-state index in [2.05, 4.69) is 29.7 Å². The van der Waals surface area contributed by atoms with Gasteiger partial charge in [0.2, 0.25) is 0 Å². The highest BCUT2D eigenvalue weighted by molar-refractivity contribution is 7.13. The van der Waals surface area contributed by atoms with Gasteiger partial charge >= 0.3 is 5.97 Å². The van der Waals surface area contributed by atoms with Crippen LogP contribution in [0.1, 0.15) is 11.1 Å². The van der Waals surface area contributed by atoms with E-state index >= 15 is 0 Å². The van der Waals surface area contributed by atoms with Crippen molar-refractivity contribution in [1.29, 1.82) is 0 Å². The minimum Gasteiger partial charge on any atom is -0.467 e. The first kappa shape index (κ1) is 14.5. The van der Waals surface area contributed by atoms with E-state index in [1.165, 1.54) is 17.6 Å². The lowest BCUT2D eigenvalue weighted by Crippen LogP contribution is -2.22. The molecule has 0 amide bonds. The molecule has 0 spiro atoms. The third kappa shape index (κ3) is 2.81. The number of thiophene rings is 1. The summed E-state index contributed by atoms with van der Waals surface area (Å²) in [6.45, 7) is 5.82. The summed E-state index contributed by atoms with van der Waals surface area (Å²) in [4.78, 5) is 12.5. The van der Waals surface area contributed by atoms with Crippen molar-refractivity contribution < 1.29 is 14.6 Å². The first-order valence-electron chi connectivity index (χ1n) is 6.14. The number of aliphatic hydroxyl groups excluding tert-OH is 1. The van der Waals surface area contributed by atoms with E-state index in [9.17, 15) is 9.90 Å². The maximum absolute atomic E-state index is 11.3. The van der Waals surface area contributed by atoms with Crippen LogP contribution in [0.2, 0.25) is 0 Å². The van der Waals surface area contributed by atoms with Crippen molar-refractivity contribution in [2.45, 2.75) is 13.0 Å². The molecule has 1 N–H and O–H groups in total. The molecule has 0 fully saturated rings. The number of esters is 1. The van der Waals surface area contributed by atoms with Crippen LogP contribution in [0.5, 0.6) is 0 Å². The van der Waals surface area contributed by atoms with Crippen LogP contribution in [0, 0.1) is 6.92 Å². The molecule has 1 heterocycles. The Morgan fingerprint density at radius 2 is 1.95 bits per heavy atom. The highest BCUT2D eigenvalue weighted by Crippen LogP contribution is 2.30. The molecule has 0 saturated heterocycles. The molecule has 0 aliphatic carbocycles. The molecule has 0 aliphatic rings. The van der Waals surface area contributed by atoms with Crippen molar-refractivity contribution in [2.24, 2.45) is 0 Å². The van der Waals surface area contributed by atoms with Crippen LogP contribution in [0.25, 0.3) is 16.0 Å². The molecule has 0 bridgehead atoms. The van der Waals surface area contributed by atoms with Crippen molar-refractivity contribution in [1.82, 2.24) is 0 Å². The van der Waals surface area contributed by atoms with Gasteiger partial charge in [-0.1, -0.05) is 30.8 Å². The third-order valence-corrected chi connectivity index (χ3v) is 4.20. The maximum atomic E-state index is 11.3. The molecule has 1 aromatic heterocycles. The number of carbonyl (C=O) groups is 1. The predicted octanol–water partition coefficient (Wildman–Crippen LogP) is 3.27. The molecule has 2 aromatic rings. The lowest BCUT2D eigenvalue weighted by Gasteiger charge is -2.12. The molecule has 0 saturated carbocycles. The molecule has 3 nitrogen and oxygen atoms in total. The highest BCUT2D eigenvalue weighted by atomic mass is 32.1. The molecule has 0 radical (unpaired) electrons. The normalized spacial score (nSPS) is 11.9. The fourth-order valence-electron chi connectivity index (χ4n) is 1.92. The Morgan fingerprint density at radius 1 is 1.30 bits per heavy atom. The van der Waals surface area contributed by atoms with Gasteiger partial charge in [0.25, 0.3) is 0 Å². The number of rotatable bonds is 4. The topological polar surface area (TPSA) is 46.5 Å². The van der Waals surface area contributed by atoms with Gasteiger partial charge < -0.3 is 9.84 Å². The minimum atomic E-state index is -1.32. The van der Waals surface area contributed by atoms with Crippen LogP contribution in [-0.2, 0) is 9.53 Å². The summed E-state index contributed by atoms with van der Waals surface area (Å²) in [5, 5.41) is 11.8. The van der Waals surface area contributed by atoms with Crippen LogP contribution < -0.4 is 0 Å². The Labute approximate surface area is 122 Å². The first-order valence-corrected chi connectivity index (χ1v) is 7.02. The van der Waals surface area contributed by atoms with Crippen LogP contribution >= 0.6 is 11.3 Å². The van der Waals surface area contributed by atoms with Crippen molar-refractivity contribution in [3.63, 3.8) is 0 Å². The number of carbonyl (C=O) groups excluding carboxylic acids is 1. The number of benzene rings is 1. The molecular weight excluding hydrogens is 272 g/mol. The number of hydrogen-bond acceptors (Lipinski definition) is 4. The second-order valence-electron chi connectivity index (χ2n) is 4.46. The highest BCUT2D eigenvalue weighted by Gasteiger charge is 2.20. The quantitative estimate of drug-likeness (QED) is 0.878. The molecule has 1 atom stereocenters. The van der Waals surface area contributed by atoms with Gasteiger partial charge in [0, 0.05) is 4.88 Å². The van der Waals surface area contributed by atoms with Crippen LogP contribution in [0.3, 0.4) is 0 Å². The second-order valence-corrected chi connectivity index (χ2v) is 5.38. The predicted molar refractivity (Wildman–Crippen MR) is 81.5 cm³/mol. The lowest BCUT2D eigenvalue weighted by molar-refractivity contribution is -0.147. The fraction of sp³-hybridized carbons (Fsp3) is 0.188. The van der Waals surface area contributed by atoms with Crippen LogP contribution in [0.15, 0.2) is 42.3 Å². The largest absolute Gasteiger partial charge is 0.467 e. The van der Waals surface area contributed by atoms with Gasteiger partial charge in [-0.25, -0.2) is 4.79 Å². The second kappa shape index (κ2) is 6.03. The molecule has 1 aromatic carbocycles. The fourth-order valence-corrected chi connectivity index (χ4v) is 2.85. The van der Waals surface area contributed by atoms with Gasteiger partial charge in [0.1, 0.15) is 0 Å². The van der Waals surface area contributed by atoms with Gasteiger partial charge in [0.05, 0.1) is 7.11 Å². The maximum Gasteiger partial charge on any atom is 0.339 e. The van der Waals surface area contributed by atoms with Crippen molar-refractivity contribution >= 4 is 22.9 Å². The number of aliphatic hydroxyl groups is 1. The lowest BCUT2D eigenvalue weighted by atomic mass is 10.00. The Bertz CT molecular complexity index is 625. The molecule has 4 heteroatoms. The Morgan fingerprint density at radius 3 is 2.45 bits per heavy atom. The SMILES string of the molecule is C=C(c1ccc(-c2sccc2C)cc1)C(O)C(=O)OC. The van der Waals surface area contributed by atoms with Crippen LogP contribution in [0.4, 0.5) is 0 Å². The Hall–Kier alpha value is -1.91. The molecule has 20 heavy (non-hydrogen) atoms. The zero-order chi connectivity index (χ0) is 14.7. The van der Waals surface area contributed by atoms with E-state index < -0.39 is 12.1 Å². The monoisotopic (exact) mass is 288 g/mol. The van der Waals surface area contributed by atoms with E-state index in [0.29, 0.717) is 5.57 Å². The summed E-state index contributed by atoms with van der Waals surface area (Å²) in [6, 6.07) is 9.70. The van der Waals surface area contributed by atoms with Crippen molar-refractivity contribution in [3.8, 4) is 10.4 Å². The van der Waals surface area contributed by atoms with E-state index in [0.717, 1.165) is 11.1 Å². The number of aryl methyl sites for hydroxylation is 1. The van der Waals surface area contributed by atoms with Crippen molar-refractivity contribution in [3.05, 3.63) is 53.4 Å². The smallest absolute Gasteiger partial charge is 0.339 e. The summed E-state index contributed by atoms with van der Waals surface area (Å²) in [7, 11) is 1.24.